The molecule has 0 bridgehead atoms. The molecule has 0 saturated carbocycles. The fraction of sp³-hybridized carbons (Fsp3) is 0.625. The Kier molecular flexibility index (Phi) is 4.29. The maximum atomic E-state index is 10.1. The Hall–Kier alpha value is -0.900. The highest BCUT2D eigenvalue weighted by atomic mass is 16.3. The van der Waals surface area contributed by atoms with Crippen molar-refractivity contribution in [1.82, 2.24) is 10.2 Å². The van der Waals surface area contributed by atoms with Gasteiger partial charge in [-0.15, -0.1) is 0 Å². The quantitative estimate of drug-likeness (QED) is 0.846. The van der Waals surface area contributed by atoms with Crippen LogP contribution < -0.4 is 5.32 Å². The molecule has 0 aliphatic carbocycles. The molecule has 0 spiro atoms. The number of nitrogens with zero attached hydrogens (tertiary/aromatic N) is 1. The van der Waals surface area contributed by atoms with Gasteiger partial charge in [0.15, 0.2) is 0 Å². The number of β-amino-alcohol motifs (C(OH)–C–C–N with tert-alkyl or cyclic N) is 1. The largest absolute Gasteiger partial charge is 0.389 e. The molecule has 2 N–H and O–H groups in total. The first-order valence-corrected chi connectivity index (χ1v) is 7.10. The molecule has 1 fully saturated rings. The summed E-state index contributed by atoms with van der Waals surface area (Å²) in [6.07, 6.45) is 0.872. The van der Waals surface area contributed by atoms with Crippen molar-refractivity contribution in [3.05, 3.63) is 35.9 Å². The average molecular weight is 262 g/mol. The van der Waals surface area contributed by atoms with Gasteiger partial charge >= 0.3 is 0 Å². The third-order valence-corrected chi connectivity index (χ3v) is 4.14. The van der Waals surface area contributed by atoms with Crippen molar-refractivity contribution in [3.8, 4) is 0 Å². The van der Waals surface area contributed by atoms with Crippen LogP contribution in [0.2, 0.25) is 0 Å². The van der Waals surface area contributed by atoms with E-state index < -0.39 is 5.60 Å². The van der Waals surface area contributed by atoms with Crippen molar-refractivity contribution in [2.24, 2.45) is 0 Å². The van der Waals surface area contributed by atoms with Gasteiger partial charge in [0.25, 0.3) is 0 Å². The highest BCUT2D eigenvalue weighted by molar-refractivity contribution is 5.25. The Labute approximate surface area is 116 Å². The molecule has 106 valence electrons. The molecule has 2 atom stereocenters. The van der Waals surface area contributed by atoms with Gasteiger partial charge in [-0.3, -0.25) is 4.90 Å². The number of likely N-dealkylation sites (tertiary alicyclic amines) is 1. The molecule has 1 saturated heterocycles. The highest BCUT2D eigenvalue weighted by Crippen LogP contribution is 2.28. The molecule has 0 amide bonds. The fourth-order valence-electron chi connectivity index (χ4n) is 3.15. The van der Waals surface area contributed by atoms with Gasteiger partial charge in [-0.25, -0.2) is 0 Å². The monoisotopic (exact) mass is 262 g/mol. The average Bonchev–Trinajstić information content (AvgIpc) is 2.70. The second kappa shape index (κ2) is 5.61. The van der Waals surface area contributed by atoms with Gasteiger partial charge in [0.05, 0.1) is 5.60 Å². The zero-order valence-corrected chi connectivity index (χ0v) is 12.3. The molecular weight excluding hydrogens is 236 g/mol. The van der Waals surface area contributed by atoms with Gasteiger partial charge in [-0.1, -0.05) is 37.3 Å². The third kappa shape index (κ3) is 3.56. The third-order valence-electron chi connectivity index (χ3n) is 4.14. The summed E-state index contributed by atoms with van der Waals surface area (Å²) in [5.74, 6) is 0. The summed E-state index contributed by atoms with van der Waals surface area (Å²) in [5, 5.41) is 13.4. The first-order chi connectivity index (χ1) is 8.95. The van der Waals surface area contributed by atoms with Crippen LogP contribution in [0.4, 0.5) is 0 Å². The molecule has 2 unspecified atom stereocenters. The Balaban J connectivity index is 2.12. The molecule has 3 nitrogen and oxygen atoms in total. The van der Waals surface area contributed by atoms with E-state index in [1.807, 2.05) is 14.0 Å². The normalized spacial score (nSPS) is 27.4. The zero-order chi connectivity index (χ0) is 13.9. The van der Waals surface area contributed by atoms with Gasteiger partial charge in [-0.05, 0) is 26.0 Å². The molecule has 1 aromatic carbocycles. The van der Waals surface area contributed by atoms with Crippen molar-refractivity contribution >= 4 is 0 Å². The minimum Gasteiger partial charge on any atom is -0.389 e. The van der Waals surface area contributed by atoms with E-state index in [2.05, 4.69) is 47.5 Å². The van der Waals surface area contributed by atoms with Gasteiger partial charge < -0.3 is 10.4 Å². The van der Waals surface area contributed by atoms with Gasteiger partial charge in [-0.2, -0.15) is 0 Å². The molecule has 2 rings (SSSR count). The van der Waals surface area contributed by atoms with E-state index in [9.17, 15) is 5.11 Å². The SMILES string of the molecule is CNCC(C)(CN1CCC(C)(O)C1)c1ccccc1. The van der Waals surface area contributed by atoms with Crippen molar-refractivity contribution in [2.45, 2.75) is 31.3 Å². The maximum Gasteiger partial charge on any atom is 0.0758 e. The molecule has 1 heterocycles. The van der Waals surface area contributed by atoms with E-state index >= 15 is 0 Å². The lowest BCUT2D eigenvalue weighted by molar-refractivity contribution is 0.0658. The van der Waals surface area contributed by atoms with Crippen molar-refractivity contribution in [2.75, 3.05) is 33.2 Å². The predicted molar refractivity (Wildman–Crippen MR) is 79.4 cm³/mol. The second-order valence-electron chi connectivity index (χ2n) is 6.41. The number of rotatable bonds is 5. The van der Waals surface area contributed by atoms with Crippen LogP contribution in [-0.4, -0.2) is 48.8 Å². The number of benzene rings is 1. The van der Waals surface area contributed by atoms with Crippen molar-refractivity contribution < 1.29 is 5.11 Å². The highest BCUT2D eigenvalue weighted by Gasteiger charge is 2.36. The molecule has 1 aromatic rings. The summed E-state index contributed by atoms with van der Waals surface area (Å²) in [4.78, 5) is 2.38. The topological polar surface area (TPSA) is 35.5 Å². The van der Waals surface area contributed by atoms with Crippen LogP contribution in [0.5, 0.6) is 0 Å². The summed E-state index contributed by atoms with van der Waals surface area (Å²) in [7, 11) is 2.00. The number of aliphatic hydroxyl groups is 1. The van der Waals surface area contributed by atoms with E-state index in [-0.39, 0.29) is 5.41 Å². The van der Waals surface area contributed by atoms with Crippen LogP contribution >= 0.6 is 0 Å². The van der Waals surface area contributed by atoms with Crippen LogP contribution in [0.25, 0.3) is 0 Å². The summed E-state index contributed by atoms with van der Waals surface area (Å²) in [6, 6.07) is 10.7. The first kappa shape index (κ1) is 14.5. The fourth-order valence-corrected chi connectivity index (χ4v) is 3.15. The van der Waals surface area contributed by atoms with Crippen LogP contribution in [0.3, 0.4) is 0 Å². The number of hydrogen-bond donors (Lipinski definition) is 2. The number of hydrogen-bond acceptors (Lipinski definition) is 3. The molecule has 3 heteroatoms. The standard InChI is InChI=1S/C16H26N2O/c1-15(11-17-3,14-7-5-4-6-8-14)12-18-10-9-16(2,19)13-18/h4-8,17,19H,9-13H2,1-3H3. The minimum atomic E-state index is -0.517. The number of likely N-dealkylation sites (N-methyl/N-ethyl adjacent to an activating group) is 1. The molecule has 0 aromatic heterocycles. The van der Waals surface area contributed by atoms with E-state index in [4.69, 9.17) is 0 Å². The summed E-state index contributed by atoms with van der Waals surface area (Å²) in [6.45, 7) is 7.92. The van der Waals surface area contributed by atoms with Gasteiger partial charge in [0.1, 0.15) is 0 Å². The lowest BCUT2D eigenvalue weighted by Gasteiger charge is -2.34. The Bertz CT molecular complexity index is 404. The summed E-state index contributed by atoms with van der Waals surface area (Å²) >= 11 is 0. The Morgan fingerprint density at radius 3 is 2.58 bits per heavy atom. The van der Waals surface area contributed by atoms with Crippen molar-refractivity contribution in [3.63, 3.8) is 0 Å². The molecule has 1 aliphatic rings. The van der Waals surface area contributed by atoms with Gasteiger partial charge in [0, 0.05) is 31.6 Å². The summed E-state index contributed by atoms with van der Waals surface area (Å²) < 4.78 is 0. The zero-order valence-electron chi connectivity index (χ0n) is 12.3. The van der Waals surface area contributed by atoms with Gasteiger partial charge in [0.2, 0.25) is 0 Å². The van der Waals surface area contributed by atoms with Crippen LogP contribution in [0.1, 0.15) is 25.8 Å². The Morgan fingerprint density at radius 1 is 1.37 bits per heavy atom. The minimum absolute atomic E-state index is 0.0798. The second-order valence-corrected chi connectivity index (χ2v) is 6.41. The van der Waals surface area contributed by atoms with Crippen LogP contribution in [0, 0.1) is 0 Å². The van der Waals surface area contributed by atoms with E-state index in [0.29, 0.717) is 0 Å². The van der Waals surface area contributed by atoms with Crippen molar-refractivity contribution in [1.29, 1.82) is 0 Å². The number of nitrogens with one attached hydrogen (secondary N) is 1. The predicted octanol–water partition coefficient (Wildman–Crippen LogP) is 1.62. The van der Waals surface area contributed by atoms with E-state index in [0.717, 1.165) is 32.6 Å². The molecular formula is C16H26N2O. The molecule has 1 aliphatic heterocycles. The van der Waals surface area contributed by atoms with Crippen LogP contribution in [0.15, 0.2) is 30.3 Å². The molecule has 0 radical (unpaired) electrons. The lowest BCUT2D eigenvalue weighted by Crippen LogP contribution is -2.45. The van der Waals surface area contributed by atoms with E-state index in [1.54, 1.807) is 0 Å². The lowest BCUT2D eigenvalue weighted by atomic mass is 9.82. The molecule has 19 heavy (non-hydrogen) atoms. The van der Waals surface area contributed by atoms with E-state index in [1.165, 1.54) is 5.56 Å². The summed E-state index contributed by atoms with van der Waals surface area (Å²) in [5.41, 5.74) is 0.920. The smallest absolute Gasteiger partial charge is 0.0758 e. The Morgan fingerprint density at radius 2 is 2.05 bits per heavy atom. The van der Waals surface area contributed by atoms with Crippen LogP contribution in [-0.2, 0) is 5.41 Å². The maximum absolute atomic E-state index is 10.1. The first-order valence-electron chi connectivity index (χ1n) is 7.10.